The van der Waals surface area contributed by atoms with E-state index in [2.05, 4.69) is 20.9 Å². The number of rotatable bonds is 4. The van der Waals surface area contributed by atoms with Gasteiger partial charge in [-0.3, -0.25) is 19.7 Å². The fraction of sp³-hybridized carbons (Fsp3) is 0.320. The molecule has 1 amide bonds. The summed E-state index contributed by atoms with van der Waals surface area (Å²) in [6.45, 7) is 3.33. The van der Waals surface area contributed by atoms with Gasteiger partial charge in [-0.25, -0.2) is 4.39 Å². The van der Waals surface area contributed by atoms with Crippen molar-refractivity contribution >= 4 is 5.91 Å². The third kappa shape index (κ3) is 4.08. The lowest BCUT2D eigenvalue weighted by atomic mass is 9.81. The minimum Gasteiger partial charge on any atom is -0.335 e. The summed E-state index contributed by atoms with van der Waals surface area (Å²) in [4.78, 5) is 26.1. The second-order valence-electron chi connectivity index (χ2n) is 8.47. The van der Waals surface area contributed by atoms with Gasteiger partial charge in [-0.1, -0.05) is 18.2 Å². The summed E-state index contributed by atoms with van der Waals surface area (Å²) in [6, 6.07) is 14.6. The van der Waals surface area contributed by atoms with E-state index in [9.17, 15) is 9.18 Å². The zero-order valence-corrected chi connectivity index (χ0v) is 17.3. The molecule has 4 heterocycles. The number of carbonyl (C=O) groups is 1. The number of pyridine rings is 2. The maximum Gasteiger partial charge on any atom is 0.255 e. The number of halogens is 1. The van der Waals surface area contributed by atoms with E-state index in [1.54, 1.807) is 24.7 Å². The predicted octanol–water partition coefficient (Wildman–Crippen LogP) is 3.75. The van der Waals surface area contributed by atoms with Gasteiger partial charge >= 0.3 is 0 Å². The fourth-order valence-corrected chi connectivity index (χ4v) is 5.15. The smallest absolute Gasteiger partial charge is 0.255 e. The number of piperidine rings is 1. The second kappa shape index (κ2) is 8.55. The van der Waals surface area contributed by atoms with Gasteiger partial charge in [0.15, 0.2) is 0 Å². The van der Waals surface area contributed by atoms with Crippen molar-refractivity contribution in [2.45, 2.75) is 24.9 Å². The van der Waals surface area contributed by atoms with Gasteiger partial charge in [0.05, 0.1) is 5.56 Å². The van der Waals surface area contributed by atoms with Crippen molar-refractivity contribution in [1.29, 1.82) is 0 Å². The first-order chi connectivity index (χ1) is 15.2. The van der Waals surface area contributed by atoms with Gasteiger partial charge < -0.3 is 4.90 Å². The van der Waals surface area contributed by atoms with Gasteiger partial charge in [-0.2, -0.15) is 0 Å². The Morgan fingerprint density at radius 2 is 1.77 bits per heavy atom. The molecule has 0 aliphatic carbocycles. The number of hydrogen-bond donors (Lipinski definition) is 0. The van der Waals surface area contributed by atoms with Gasteiger partial charge in [-0.15, -0.1) is 0 Å². The molecule has 0 spiro atoms. The fourth-order valence-electron chi connectivity index (χ4n) is 5.15. The minimum atomic E-state index is -0.233. The van der Waals surface area contributed by atoms with Gasteiger partial charge in [0, 0.05) is 68.8 Å². The number of hydrogen-bond acceptors (Lipinski definition) is 4. The number of benzene rings is 1. The Morgan fingerprint density at radius 1 is 1.00 bits per heavy atom. The quantitative estimate of drug-likeness (QED) is 0.650. The van der Waals surface area contributed by atoms with E-state index in [0.29, 0.717) is 18.0 Å². The maximum atomic E-state index is 13.6. The summed E-state index contributed by atoms with van der Waals surface area (Å²) < 4.78 is 13.6. The van der Waals surface area contributed by atoms with E-state index in [4.69, 9.17) is 0 Å². The first kappa shape index (κ1) is 19.8. The van der Waals surface area contributed by atoms with E-state index in [-0.39, 0.29) is 23.7 Å². The number of aromatic nitrogens is 2. The molecule has 2 aliphatic rings. The number of carbonyl (C=O) groups excluding carboxylic acids is 1. The van der Waals surface area contributed by atoms with E-state index in [1.807, 2.05) is 35.4 Å². The van der Waals surface area contributed by atoms with Gasteiger partial charge in [0.1, 0.15) is 5.82 Å². The molecule has 0 saturated carbocycles. The maximum absolute atomic E-state index is 13.6. The van der Waals surface area contributed by atoms with Crippen molar-refractivity contribution in [3.05, 3.63) is 95.8 Å². The molecule has 2 aromatic heterocycles. The van der Waals surface area contributed by atoms with Crippen LogP contribution in [0.5, 0.6) is 0 Å². The molecular formula is C25H25FN4O. The Labute approximate surface area is 181 Å². The summed E-state index contributed by atoms with van der Waals surface area (Å²) in [5, 5.41) is 0. The Bertz CT molecular complexity index is 1030. The van der Waals surface area contributed by atoms with Crippen LogP contribution < -0.4 is 0 Å². The van der Waals surface area contributed by atoms with Crippen LogP contribution >= 0.6 is 0 Å². The largest absolute Gasteiger partial charge is 0.335 e. The zero-order chi connectivity index (χ0) is 21.2. The van der Waals surface area contributed by atoms with Crippen LogP contribution in [0.1, 0.15) is 33.8 Å². The lowest BCUT2D eigenvalue weighted by molar-refractivity contribution is 0.0613. The summed E-state index contributed by atoms with van der Waals surface area (Å²) in [5.41, 5.74) is 2.92. The van der Waals surface area contributed by atoms with E-state index < -0.39 is 0 Å². The Morgan fingerprint density at radius 3 is 2.48 bits per heavy atom. The summed E-state index contributed by atoms with van der Waals surface area (Å²) in [6.07, 6.45) is 7.95. The van der Waals surface area contributed by atoms with E-state index in [1.165, 1.54) is 17.7 Å². The molecule has 5 nitrogen and oxygen atoms in total. The van der Waals surface area contributed by atoms with Crippen molar-refractivity contribution in [2.24, 2.45) is 5.92 Å². The molecule has 5 rings (SSSR count). The highest BCUT2D eigenvalue weighted by Gasteiger charge is 2.47. The Kier molecular flexibility index (Phi) is 5.47. The monoisotopic (exact) mass is 416 g/mol. The molecule has 0 unspecified atom stereocenters. The van der Waals surface area contributed by atoms with Crippen LogP contribution in [0.3, 0.4) is 0 Å². The third-order valence-corrected chi connectivity index (χ3v) is 6.61. The molecule has 1 aromatic carbocycles. The van der Waals surface area contributed by atoms with Crippen molar-refractivity contribution in [3.8, 4) is 0 Å². The molecule has 158 valence electrons. The van der Waals surface area contributed by atoms with Gasteiger partial charge in [0.25, 0.3) is 5.91 Å². The van der Waals surface area contributed by atoms with Gasteiger partial charge in [-0.05, 0) is 47.9 Å². The van der Waals surface area contributed by atoms with Crippen molar-refractivity contribution in [1.82, 2.24) is 19.8 Å². The summed E-state index contributed by atoms with van der Waals surface area (Å²) in [5.74, 6) is 0.288. The molecule has 31 heavy (non-hydrogen) atoms. The standard InChI is InChI=1S/C25H25FN4O/c26-21-7-5-19(6-8-21)22-17-30(25(31)20-4-2-11-28-14-20)24-9-12-29(16-23(22)24)15-18-3-1-10-27-13-18/h1-8,10-11,13-14,22-24H,9,12,15-17H2/t22-,23-,24-/m0/s1. The second-order valence-corrected chi connectivity index (χ2v) is 8.47. The average molecular weight is 417 g/mol. The third-order valence-electron chi connectivity index (χ3n) is 6.61. The number of fused-ring (bicyclic) bond motifs is 1. The Balaban J connectivity index is 1.41. The van der Waals surface area contributed by atoms with Crippen molar-refractivity contribution in [3.63, 3.8) is 0 Å². The lowest BCUT2D eigenvalue weighted by Gasteiger charge is -2.39. The predicted molar refractivity (Wildman–Crippen MR) is 116 cm³/mol. The molecule has 6 heteroatoms. The van der Waals surface area contributed by atoms with E-state index >= 15 is 0 Å². The van der Waals surface area contributed by atoms with Crippen LogP contribution in [0.25, 0.3) is 0 Å². The van der Waals surface area contributed by atoms with Gasteiger partial charge in [0.2, 0.25) is 0 Å². The molecule has 3 aromatic rings. The van der Waals surface area contributed by atoms with Crippen LogP contribution in [0, 0.1) is 11.7 Å². The summed E-state index contributed by atoms with van der Waals surface area (Å²) >= 11 is 0. The highest BCUT2D eigenvalue weighted by atomic mass is 19.1. The zero-order valence-electron chi connectivity index (χ0n) is 17.3. The average Bonchev–Trinajstić information content (AvgIpc) is 3.19. The van der Waals surface area contributed by atoms with E-state index in [0.717, 1.165) is 31.6 Å². The highest BCUT2D eigenvalue weighted by Crippen LogP contribution is 2.42. The highest BCUT2D eigenvalue weighted by molar-refractivity contribution is 5.94. The first-order valence-electron chi connectivity index (χ1n) is 10.8. The molecule has 0 bridgehead atoms. The minimum absolute atomic E-state index is 0.0356. The molecule has 0 radical (unpaired) electrons. The van der Waals surface area contributed by atoms with Crippen LogP contribution in [-0.2, 0) is 6.54 Å². The molecule has 2 aliphatic heterocycles. The SMILES string of the molecule is O=C(c1cccnc1)N1C[C@@H](c2ccc(F)cc2)[C@@H]2CN(Cc3cccnc3)CC[C@@H]21. The number of nitrogens with zero attached hydrogens (tertiary/aromatic N) is 4. The van der Waals surface area contributed by atoms with Crippen LogP contribution in [0.2, 0.25) is 0 Å². The molecule has 3 atom stereocenters. The van der Waals surface area contributed by atoms with Crippen molar-refractivity contribution in [2.75, 3.05) is 19.6 Å². The summed E-state index contributed by atoms with van der Waals surface area (Å²) in [7, 11) is 0. The normalized spacial score (nSPS) is 23.5. The molecule has 2 saturated heterocycles. The number of likely N-dealkylation sites (tertiary alicyclic amines) is 2. The van der Waals surface area contributed by atoms with Crippen LogP contribution in [0.15, 0.2) is 73.3 Å². The topological polar surface area (TPSA) is 49.3 Å². The molecule has 2 fully saturated rings. The molecular weight excluding hydrogens is 391 g/mol. The molecule has 0 N–H and O–H groups in total. The lowest BCUT2D eigenvalue weighted by Crippen LogP contribution is -2.47. The Hall–Kier alpha value is -3.12. The van der Waals surface area contributed by atoms with Crippen molar-refractivity contribution < 1.29 is 9.18 Å². The first-order valence-corrected chi connectivity index (χ1v) is 10.8. The van der Waals surface area contributed by atoms with Crippen LogP contribution in [-0.4, -0.2) is 51.4 Å². The number of amides is 1. The van der Waals surface area contributed by atoms with Crippen LogP contribution in [0.4, 0.5) is 4.39 Å².